The zero-order chi connectivity index (χ0) is 8.69. The molecule has 0 aliphatic rings. The Morgan fingerprint density at radius 1 is 1.75 bits per heavy atom. The number of carbonyl (C=O) groups excluding carboxylic acids is 1. The summed E-state index contributed by atoms with van der Waals surface area (Å²) in [6.07, 6.45) is 4.91. The van der Waals surface area contributed by atoms with Gasteiger partial charge in [-0.2, -0.15) is 0 Å². The number of aliphatic imine (C=N–C) groups is 1. The number of halogens is 1. The molecule has 4 nitrogen and oxygen atoms in total. The average Bonchev–Trinajstić information content (AvgIpc) is 1.97. The fourth-order valence-electron chi connectivity index (χ4n) is 0.402. The quantitative estimate of drug-likeness (QED) is 0.324. The molecule has 12 heavy (non-hydrogen) atoms. The van der Waals surface area contributed by atoms with Crippen LogP contribution in [0.25, 0.3) is 0 Å². The first-order chi connectivity index (χ1) is 5.16. The van der Waals surface area contributed by atoms with Crippen molar-refractivity contribution in [1.82, 2.24) is 5.32 Å². The van der Waals surface area contributed by atoms with Gasteiger partial charge in [0.15, 0.2) is 0 Å². The molecule has 0 aromatic heterocycles. The summed E-state index contributed by atoms with van der Waals surface area (Å²) in [5.41, 5.74) is 5.20. The van der Waals surface area contributed by atoms with Crippen molar-refractivity contribution in [3.8, 4) is 12.3 Å². The molecule has 0 aromatic carbocycles. The predicted molar refractivity (Wildman–Crippen MR) is 59.4 cm³/mol. The number of hydrogen-bond donors (Lipinski definition) is 2. The molecule has 0 rings (SSSR count). The Kier molecular flexibility index (Phi) is 9.57. The van der Waals surface area contributed by atoms with Gasteiger partial charge in [0.2, 0.25) is 5.91 Å². The highest BCUT2D eigenvalue weighted by atomic mass is 127. The fraction of sp³-hybridized carbons (Fsp3) is 0.429. The van der Waals surface area contributed by atoms with Gasteiger partial charge in [0.25, 0.3) is 0 Å². The Hall–Kier alpha value is -0.770. The van der Waals surface area contributed by atoms with Crippen LogP contribution in [-0.2, 0) is 4.79 Å². The smallest absolute Gasteiger partial charge is 0.242 e. The molecule has 0 saturated heterocycles. The first-order valence-electron chi connectivity index (χ1n) is 3.13. The van der Waals surface area contributed by atoms with Crippen molar-refractivity contribution < 1.29 is 4.79 Å². The van der Waals surface area contributed by atoms with Crippen LogP contribution in [0.2, 0.25) is 0 Å². The minimum absolute atomic E-state index is 0. The molecule has 0 aromatic rings. The van der Waals surface area contributed by atoms with E-state index in [1.165, 1.54) is 0 Å². The van der Waals surface area contributed by atoms with Crippen molar-refractivity contribution in [3.05, 3.63) is 0 Å². The van der Waals surface area contributed by atoms with E-state index in [0.717, 1.165) is 0 Å². The molecular formula is C7H12IN3O. The van der Waals surface area contributed by atoms with E-state index in [1.807, 2.05) is 0 Å². The molecule has 3 N–H and O–H groups in total. The number of nitrogens with one attached hydrogen (secondary N) is 1. The first-order valence-corrected chi connectivity index (χ1v) is 3.13. The SMILES string of the molecule is C#CCNC(=O)CN=C(C)N.I. The van der Waals surface area contributed by atoms with Gasteiger partial charge in [-0.05, 0) is 6.92 Å². The number of terminal acetylenes is 1. The zero-order valence-corrected chi connectivity index (χ0v) is 9.16. The van der Waals surface area contributed by atoms with Crippen LogP contribution in [0.15, 0.2) is 4.99 Å². The van der Waals surface area contributed by atoms with Gasteiger partial charge in [-0.1, -0.05) is 5.92 Å². The van der Waals surface area contributed by atoms with E-state index in [-0.39, 0.29) is 43.0 Å². The Labute approximate surface area is 89.0 Å². The Balaban J connectivity index is 0. The summed E-state index contributed by atoms with van der Waals surface area (Å²) in [6.45, 7) is 1.90. The molecule has 0 bridgehead atoms. The van der Waals surface area contributed by atoms with E-state index in [4.69, 9.17) is 12.2 Å². The molecule has 0 saturated carbocycles. The van der Waals surface area contributed by atoms with Gasteiger partial charge in [0.1, 0.15) is 6.54 Å². The molecule has 0 unspecified atom stereocenters. The van der Waals surface area contributed by atoms with Crippen molar-refractivity contribution in [2.75, 3.05) is 13.1 Å². The Morgan fingerprint density at radius 3 is 2.75 bits per heavy atom. The summed E-state index contributed by atoms with van der Waals surface area (Å²) in [4.78, 5) is 14.4. The van der Waals surface area contributed by atoms with Crippen LogP contribution in [0.4, 0.5) is 0 Å². The average molecular weight is 281 g/mol. The standard InChI is InChI=1S/C7H11N3O.HI/c1-3-4-9-7(11)5-10-6(2)8;/h1H,4-5H2,2H3,(H2,8,10)(H,9,11);1H. The highest BCUT2D eigenvalue weighted by molar-refractivity contribution is 14.0. The van der Waals surface area contributed by atoms with Crippen LogP contribution in [0.5, 0.6) is 0 Å². The number of nitrogens with two attached hydrogens (primary N) is 1. The van der Waals surface area contributed by atoms with Gasteiger partial charge >= 0.3 is 0 Å². The second kappa shape index (κ2) is 8.33. The van der Waals surface area contributed by atoms with Crippen LogP contribution in [0.3, 0.4) is 0 Å². The maximum Gasteiger partial charge on any atom is 0.242 e. The van der Waals surface area contributed by atoms with E-state index in [2.05, 4.69) is 16.2 Å². The van der Waals surface area contributed by atoms with E-state index < -0.39 is 0 Å². The molecular weight excluding hydrogens is 269 g/mol. The lowest BCUT2D eigenvalue weighted by molar-refractivity contribution is -0.119. The number of rotatable bonds is 3. The van der Waals surface area contributed by atoms with Gasteiger partial charge in [-0.15, -0.1) is 30.4 Å². The Bertz CT molecular complexity index is 203. The van der Waals surface area contributed by atoms with Crippen LogP contribution >= 0.6 is 24.0 Å². The molecule has 0 aliphatic carbocycles. The van der Waals surface area contributed by atoms with Crippen LogP contribution in [0, 0.1) is 12.3 Å². The van der Waals surface area contributed by atoms with Crippen LogP contribution in [0.1, 0.15) is 6.92 Å². The number of carbonyl (C=O) groups is 1. The number of amidine groups is 1. The monoisotopic (exact) mass is 281 g/mol. The van der Waals surface area contributed by atoms with Crippen LogP contribution < -0.4 is 11.1 Å². The van der Waals surface area contributed by atoms with E-state index in [1.54, 1.807) is 6.92 Å². The van der Waals surface area contributed by atoms with Crippen LogP contribution in [-0.4, -0.2) is 24.8 Å². The lowest BCUT2D eigenvalue weighted by Gasteiger charge is -1.96. The second-order valence-electron chi connectivity index (χ2n) is 1.94. The van der Waals surface area contributed by atoms with Gasteiger partial charge in [0.05, 0.1) is 12.4 Å². The lowest BCUT2D eigenvalue weighted by atomic mass is 10.5. The molecule has 0 atom stereocenters. The summed E-state index contributed by atoms with van der Waals surface area (Å²) in [5, 5.41) is 2.45. The summed E-state index contributed by atoms with van der Waals surface area (Å²) in [5.74, 6) is 2.45. The largest absolute Gasteiger partial charge is 0.388 e. The van der Waals surface area contributed by atoms with E-state index in [9.17, 15) is 4.79 Å². The summed E-state index contributed by atoms with van der Waals surface area (Å²) >= 11 is 0. The van der Waals surface area contributed by atoms with Crippen molar-refractivity contribution in [1.29, 1.82) is 0 Å². The number of hydrogen-bond acceptors (Lipinski definition) is 2. The number of amides is 1. The zero-order valence-electron chi connectivity index (χ0n) is 6.83. The minimum atomic E-state index is -0.215. The van der Waals surface area contributed by atoms with Crippen molar-refractivity contribution in [2.45, 2.75) is 6.92 Å². The molecule has 5 heteroatoms. The molecule has 68 valence electrons. The fourth-order valence-corrected chi connectivity index (χ4v) is 0.402. The first kappa shape index (κ1) is 13.8. The molecule has 0 aliphatic heterocycles. The van der Waals surface area contributed by atoms with Gasteiger partial charge < -0.3 is 11.1 Å². The predicted octanol–water partition coefficient (Wildman–Crippen LogP) is -0.269. The Morgan fingerprint density at radius 2 is 2.33 bits per heavy atom. The van der Waals surface area contributed by atoms with Gasteiger partial charge in [-0.25, -0.2) is 0 Å². The highest BCUT2D eigenvalue weighted by Gasteiger charge is 1.95. The maximum absolute atomic E-state index is 10.7. The van der Waals surface area contributed by atoms with Crippen molar-refractivity contribution in [2.24, 2.45) is 10.7 Å². The lowest BCUT2D eigenvalue weighted by Crippen LogP contribution is -2.26. The minimum Gasteiger partial charge on any atom is -0.388 e. The van der Waals surface area contributed by atoms with Gasteiger partial charge in [0, 0.05) is 0 Å². The molecule has 1 amide bonds. The van der Waals surface area contributed by atoms with Crippen molar-refractivity contribution in [3.63, 3.8) is 0 Å². The van der Waals surface area contributed by atoms with E-state index >= 15 is 0 Å². The topological polar surface area (TPSA) is 67.5 Å². The van der Waals surface area contributed by atoms with Gasteiger partial charge in [-0.3, -0.25) is 9.79 Å². The third kappa shape index (κ3) is 9.23. The molecule has 0 radical (unpaired) electrons. The highest BCUT2D eigenvalue weighted by Crippen LogP contribution is 1.71. The summed E-state index contributed by atoms with van der Waals surface area (Å²) in [6, 6.07) is 0. The third-order valence-corrected chi connectivity index (χ3v) is 0.860. The maximum atomic E-state index is 10.7. The molecule has 0 heterocycles. The summed E-state index contributed by atoms with van der Waals surface area (Å²) < 4.78 is 0. The second-order valence-corrected chi connectivity index (χ2v) is 1.94. The third-order valence-electron chi connectivity index (χ3n) is 0.860. The molecule has 0 fully saturated rings. The van der Waals surface area contributed by atoms with Crippen molar-refractivity contribution >= 4 is 35.7 Å². The normalized spacial score (nSPS) is 9.50. The number of nitrogens with zero attached hydrogens (tertiary/aromatic N) is 1. The summed E-state index contributed by atoms with van der Waals surface area (Å²) in [7, 11) is 0. The van der Waals surface area contributed by atoms with E-state index in [0.29, 0.717) is 5.84 Å². The molecule has 0 spiro atoms.